The molecule has 6 nitrogen and oxygen atoms in total. The van der Waals surface area contributed by atoms with Crippen molar-refractivity contribution in [3.63, 3.8) is 0 Å². The van der Waals surface area contributed by atoms with Gasteiger partial charge in [-0.15, -0.1) is 0 Å². The smallest absolute Gasteiger partial charge is 0.211 e. The number of ether oxygens (including phenoxy) is 2. The molecule has 0 aliphatic carbocycles. The number of nitrogens with one attached hydrogen (secondary N) is 1. The number of aliphatic hydroxyl groups excluding tert-OH is 1. The number of aliphatic hydroxyl groups is 1. The molecule has 0 aliphatic heterocycles. The number of carbonyl (C=O) groups excluding carboxylic acids is 1. The molecule has 0 saturated heterocycles. The van der Waals surface area contributed by atoms with Crippen LogP contribution in [0.15, 0.2) is 18.2 Å². The van der Waals surface area contributed by atoms with Gasteiger partial charge < -0.3 is 25.6 Å². The van der Waals surface area contributed by atoms with Crippen molar-refractivity contribution in [2.24, 2.45) is 5.73 Å². The lowest BCUT2D eigenvalue weighted by Crippen LogP contribution is -2.22. The van der Waals surface area contributed by atoms with Gasteiger partial charge in [-0.1, -0.05) is 25.7 Å². The predicted molar refractivity (Wildman–Crippen MR) is 89.7 cm³/mol. The molecule has 0 bridgehead atoms. The number of carbonyl (C=O) groups is 1. The Morgan fingerprint density at radius 1 is 1.41 bits per heavy atom. The van der Waals surface area contributed by atoms with Gasteiger partial charge in [0.05, 0.1) is 11.8 Å². The highest BCUT2D eigenvalue weighted by molar-refractivity contribution is 6.76. The second kappa shape index (κ2) is 8.89. The summed E-state index contributed by atoms with van der Waals surface area (Å²) in [4.78, 5) is 10.7. The molecular weight excluding hydrogens is 300 g/mol. The van der Waals surface area contributed by atoms with Crippen LogP contribution in [0.5, 0.6) is 5.75 Å². The summed E-state index contributed by atoms with van der Waals surface area (Å²) in [5, 5.41) is 12.3. The lowest BCUT2D eigenvalue weighted by atomic mass is 10.1. The summed E-state index contributed by atoms with van der Waals surface area (Å²) in [5.74, 6) is 0.494. The van der Waals surface area contributed by atoms with Crippen molar-refractivity contribution >= 4 is 20.2 Å². The van der Waals surface area contributed by atoms with Crippen LogP contribution in [0.25, 0.3) is 0 Å². The Morgan fingerprint density at radius 2 is 2.14 bits per heavy atom. The predicted octanol–water partition coefficient (Wildman–Crippen LogP) is 1.94. The molecule has 0 heterocycles. The average molecular weight is 326 g/mol. The largest absolute Gasteiger partial charge is 0.465 e. The molecule has 1 aromatic carbocycles. The van der Waals surface area contributed by atoms with E-state index in [4.69, 9.17) is 15.2 Å². The first kappa shape index (κ1) is 18.6. The first-order valence-electron chi connectivity index (χ1n) is 7.30. The van der Waals surface area contributed by atoms with Gasteiger partial charge in [-0.05, 0) is 23.7 Å². The Labute approximate surface area is 132 Å². The third-order valence-electron chi connectivity index (χ3n) is 3.12. The van der Waals surface area contributed by atoms with E-state index in [-0.39, 0.29) is 13.3 Å². The Morgan fingerprint density at radius 3 is 2.73 bits per heavy atom. The molecule has 7 heteroatoms. The zero-order chi connectivity index (χ0) is 16.6. The fraction of sp³-hybridized carbons (Fsp3) is 0.533. The van der Waals surface area contributed by atoms with Gasteiger partial charge in [0, 0.05) is 21.2 Å². The number of anilines is 1. The van der Waals surface area contributed by atoms with Gasteiger partial charge in [0.15, 0.2) is 6.79 Å². The normalized spacial score (nSPS) is 12.8. The fourth-order valence-corrected chi connectivity index (χ4v) is 2.49. The van der Waals surface area contributed by atoms with Gasteiger partial charge in [-0.25, -0.2) is 0 Å². The lowest BCUT2D eigenvalue weighted by Gasteiger charge is -2.17. The van der Waals surface area contributed by atoms with Crippen LogP contribution in [0.2, 0.25) is 25.7 Å². The van der Waals surface area contributed by atoms with Gasteiger partial charge in [-0.2, -0.15) is 0 Å². The maximum absolute atomic E-state index is 10.7. The Balaban J connectivity index is 2.60. The number of nitrogens with two attached hydrogens (primary N) is 1. The van der Waals surface area contributed by atoms with Gasteiger partial charge in [0.2, 0.25) is 6.41 Å². The van der Waals surface area contributed by atoms with E-state index in [0.717, 1.165) is 6.04 Å². The van der Waals surface area contributed by atoms with E-state index in [9.17, 15) is 9.90 Å². The molecule has 4 N–H and O–H groups in total. The first-order valence-corrected chi connectivity index (χ1v) is 11.0. The topological polar surface area (TPSA) is 93.8 Å². The molecule has 1 aromatic rings. The highest BCUT2D eigenvalue weighted by Crippen LogP contribution is 2.28. The number of rotatable bonds is 10. The highest BCUT2D eigenvalue weighted by Gasteiger charge is 2.13. The standard InChI is InChI=1S/C15H26N2O4Si/c1-22(2,3)7-6-20-11-21-15-5-4-12(14(19)9-16)8-13(15)17-10-18/h4-5,8,10,14,19H,6-7,9,11,16H2,1-3H3,(H,17,18)/t14-/m0/s1. The Bertz CT molecular complexity index is 477. The molecule has 0 fully saturated rings. The minimum absolute atomic E-state index is 0.112. The molecular formula is C15H26N2O4Si. The molecule has 1 atom stereocenters. The molecule has 0 unspecified atom stereocenters. The number of benzene rings is 1. The summed E-state index contributed by atoms with van der Waals surface area (Å²) < 4.78 is 11.0. The zero-order valence-corrected chi connectivity index (χ0v) is 14.5. The molecule has 0 aliphatic rings. The monoisotopic (exact) mass is 326 g/mol. The molecule has 1 amide bonds. The molecule has 0 spiro atoms. The third kappa shape index (κ3) is 6.57. The van der Waals surface area contributed by atoms with Crippen LogP contribution in [0, 0.1) is 0 Å². The van der Waals surface area contributed by atoms with E-state index in [1.165, 1.54) is 0 Å². The van der Waals surface area contributed by atoms with E-state index in [1.807, 2.05) is 0 Å². The van der Waals surface area contributed by atoms with Crippen molar-refractivity contribution in [3.05, 3.63) is 23.8 Å². The van der Waals surface area contributed by atoms with E-state index >= 15 is 0 Å². The van der Waals surface area contributed by atoms with Crippen LogP contribution in [-0.4, -0.2) is 39.5 Å². The number of hydrogen-bond donors (Lipinski definition) is 3. The minimum atomic E-state index is -1.11. The summed E-state index contributed by atoms with van der Waals surface area (Å²) in [7, 11) is -1.11. The maximum Gasteiger partial charge on any atom is 0.211 e. The second-order valence-corrected chi connectivity index (χ2v) is 11.9. The first-order chi connectivity index (χ1) is 10.4. The van der Waals surface area contributed by atoms with Gasteiger partial charge in [0.1, 0.15) is 5.75 Å². The second-order valence-electron chi connectivity index (χ2n) is 6.25. The maximum atomic E-state index is 10.7. The quantitative estimate of drug-likeness (QED) is 0.264. The van der Waals surface area contributed by atoms with Crippen molar-refractivity contribution in [2.45, 2.75) is 31.8 Å². The van der Waals surface area contributed by atoms with Crippen LogP contribution in [0.3, 0.4) is 0 Å². The highest BCUT2D eigenvalue weighted by atomic mass is 28.3. The molecule has 0 aromatic heterocycles. The van der Waals surface area contributed by atoms with Crippen LogP contribution in [0.1, 0.15) is 11.7 Å². The Hall–Kier alpha value is -1.41. The molecule has 0 radical (unpaired) electrons. The van der Waals surface area contributed by atoms with Crippen molar-refractivity contribution in [2.75, 3.05) is 25.3 Å². The lowest BCUT2D eigenvalue weighted by molar-refractivity contribution is -0.105. The van der Waals surface area contributed by atoms with E-state index in [2.05, 4.69) is 25.0 Å². The third-order valence-corrected chi connectivity index (χ3v) is 4.82. The zero-order valence-electron chi connectivity index (χ0n) is 13.5. The summed E-state index contributed by atoms with van der Waals surface area (Å²) in [6.45, 7) is 7.74. The van der Waals surface area contributed by atoms with Crippen LogP contribution >= 0.6 is 0 Å². The van der Waals surface area contributed by atoms with Crippen molar-refractivity contribution in [3.8, 4) is 5.75 Å². The summed E-state index contributed by atoms with van der Waals surface area (Å²) in [5.41, 5.74) is 6.53. The van der Waals surface area contributed by atoms with Crippen molar-refractivity contribution in [1.82, 2.24) is 0 Å². The Kier molecular flexibility index (Phi) is 7.53. The molecule has 1 rings (SSSR count). The van der Waals surface area contributed by atoms with Crippen LogP contribution in [-0.2, 0) is 9.53 Å². The molecule has 22 heavy (non-hydrogen) atoms. The average Bonchev–Trinajstić information content (AvgIpc) is 2.46. The number of hydrogen-bond acceptors (Lipinski definition) is 5. The van der Waals surface area contributed by atoms with E-state index in [0.29, 0.717) is 30.0 Å². The van der Waals surface area contributed by atoms with Crippen LogP contribution < -0.4 is 15.8 Å². The van der Waals surface area contributed by atoms with E-state index < -0.39 is 14.2 Å². The van der Waals surface area contributed by atoms with Crippen molar-refractivity contribution < 1.29 is 19.4 Å². The minimum Gasteiger partial charge on any atom is -0.465 e. The SMILES string of the molecule is C[Si](C)(C)CCOCOc1ccc([C@@H](O)CN)cc1NC=O. The summed E-state index contributed by atoms with van der Waals surface area (Å²) in [6.07, 6.45) is -0.207. The summed E-state index contributed by atoms with van der Waals surface area (Å²) >= 11 is 0. The van der Waals surface area contributed by atoms with Gasteiger partial charge in [0.25, 0.3) is 0 Å². The van der Waals surface area contributed by atoms with Crippen molar-refractivity contribution in [1.29, 1.82) is 0 Å². The van der Waals surface area contributed by atoms with Gasteiger partial charge >= 0.3 is 0 Å². The number of amides is 1. The molecule has 0 saturated carbocycles. The van der Waals surface area contributed by atoms with Crippen LogP contribution in [0.4, 0.5) is 5.69 Å². The fourth-order valence-electron chi connectivity index (χ4n) is 1.74. The van der Waals surface area contributed by atoms with E-state index in [1.54, 1.807) is 18.2 Å². The van der Waals surface area contributed by atoms with Gasteiger partial charge in [-0.3, -0.25) is 4.79 Å². The summed E-state index contributed by atoms with van der Waals surface area (Å²) in [6, 6.07) is 6.10. The molecule has 124 valence electrons.